The van der Waals surface area contributed by atoms with Crippen LogP contribution < -0.4 is 4.74 Å². The largest absolute Gasteiger partial charge is 0.497 e. The average molecular weight is 270 g/mol. The molecule has 0 saturated heterocycles. The van der Waals surface area contributed by atoms with Crippen LogP contribution in [0.15, 0.2) is 34.4 Å². The van der Waals surface area contributed by atoms with Gasteiger partial charge >= 0.3 is 0 Å². The highest BCUT2D eigenvalue weighted by molar-refractivity contribution is 9.11. The van der Waals surface area contributed by atoms with Crippen molar-refractivity contribution in [2.24, 2.45) is 0 Å². The Morgan fingerprint density at radius 3 is 2.93 bits per heavy atom. The molecule has 0 fully saturated rings. The first-order valence-corrected chi connectivity index (χ1v) is 5.66. The topological polar surface area (TPSA) is 22.1 Å². The molecule has 0 saturated carbocycles. The fourth-order valence-electron chi connectivity index (χ4n) is 1.16. The highest BCUT2D eigenvalue weighted by atomic mass is 79.9. The lowest BCUT2D eigenvalue weighted by atomic mass is 10.2. The molecule has 0 spiro atoms. The molecule has 2 rings (SSSR count). The van der Waals surface area contributed by atoms with Crippen molar-refractivity contribution in [3.05, 3.63) is 34.4 Å². The Morgan fingerprint density at radius 1 is 1.43 bits per heavy atom. The minimum atomic E-state index is 0.868. The lowest BCUT2D eigenvalue weighted by Crippen LogP contribution is -1.81. The Balaban J connectivity index is 2.41. The molecule has 2 aromatic rings. The van der Waals surface area contributed by atoms with Crippen LogP contribution in [0.5, 0.6) is 5.75 Å². The number of hydrogen-bond acceptors (Lipinski definition) is 3. The van der Waals surface area contributed by atoms with Gasteiger partial charge in [-0.1, -0.05) is 12.1 Å². The third-order valence-electron chi connectivity index (χ3n) is 1.83. The third kappa shape index (κ3) is 1.96. The molecule has 2 nitrogen and oxygen atoms in total. The molecule has 0 bridgehead atoms. The molecule has 0 amide bonds. The van der Waals surface area contributed by atoms with E-state index in [-0.39, 0.29) is 0 Å². The van der Waals surface area contributed by atoms with Gasteiger partial charge in [0, 0.05) is 6.20 Å². The van der Waals surface area contributed by atoms with Crippen LogP contribution in [0.1, 0.15) is 0 Å². The second-order valence-corrected chi connectivity index (χ2v) is 5.02. The van der Waals surface area contributed by atoms with Crippen molar-refractivity contribution in [3.63, 3.8) is 0 Å². The van der Waals surface area contributed by atoms with Gasteiger partial charge in [-0.3, -0.25) is 0 Å². The maximum Gasteiger partial charge on any atom is 0.159 e. The van der Waals surface area contributed by atoms with Gasteiger partial charge in [0.05, 0.1) is 12.0 Å². The summed E-state index contributed by atoms with van der Waals surface area (Å²) in [4.78, 5) is 5.28. The molecular formula is C10H8BrNOS. The van der Waals surface area contributed by atoms with Crippen LogP contribution in [-0.2, 0) is 0 Å². The zero-order chi connectivity index (χ0) is 9.97. The molecule has 4 heteroatoms. The van der Waals surface area contributed by atoms with Gasteiger partial charge in [0.15, 0.2) is 3.92 Å². The zero-order valence-corrected chi connectivity index (χ0v) is 9.93. The summed E-state index contributed by atoms with van der Waals surface area (Å²) in [6.45, 7) is 0. The van der Waals surface area contributed by atoms with Crippen LogP contribution in [0.2, 0.25) is 0 Å². The van der Waals surface area contributed by atoms with Crippen molar-refractivity contribution in [2.45, 2.75) is 0 Å². The summed E-state index contributed by atoms with van der Waals surface area (Å²) in [6.07, 6.45) is 1.85. The second-order valence-electron chi connectivity index (χ2n) is 2.71. The summed E-state index contributed by atoms with van der Waals surface area (Å²) < 4.78 is 6.05. The van der Waals surface area contributed by atoms with E-state index in [0.717, 1.165) is 20.1 Å². The van der Waals surface area contributed by atoms with Gasteiger partial charge in [-0.2, -0.15) is 0 Å². The number of methoxy groups -OCH3 is 1. The van der Waals surface area contributed by atoms with Gasteiger partial charge in [-0.05, 0) is 33.6 Å². The SMILES string of the molecule is COc1cccc(-c2cnc(Br)s2)c1. The summed E-state index contributed by atoms with van der Waals surface area (Å²) in [7, 11) is 1.67. The first-order chi connectivity index (χ1) is 6.79. The number of hydrogen-bond donors (Lipinski definition) is 0. The normalized spacial score (nSPS) is 10.1. The predicted octanol–water partition coefficient (Wildman–Crippen LogP) is 3.58. The number of ether oxygens (including phenoxy) is 1. The number of aromatic nitrogens is 1. The van der Waals surface area contributed by atoms with Gasteiger partial charge < -0.3 is 4.74 Å². The number of nitrogens with zero attached hydrogens (tertiary/aromatic N) is 1. The first-order valence-electron chi connectivity index (χ1n) is 4.05. The Bertz CT molecular complexity index is 441. The molecule has 0 unspecified atom stereocenters. The summed E-state index contributed by atoms with van der Waals surface area (Å²) in [6, 6.07) is 7.95. The average Bonchev–Trinajstić information content (AvgIpc) is 2.65. The molecule has 0 aliphatic heterocycles. The molecule has 1 heterocycles. The quantitative estimate of drug-likeness (QED) is 0.832. The van der Waals surface area contributed by atoms with E-state index in [2.05, 4.69) is 20.9 Å². The molecule has 0 aliphatic carbocycles. The van der Waals surface area contributed by atoms with Gasteiger partial charge in [0.25, 0.3) is 0 Å². The van der Waals surface area contributed by atoms with Gasteiger partial charge in [-0.25, -0.2) is 4.98 Å². The highest BCUT2D eigenvalue weighted by Crippen LogP contribution is 2.30. The first kappa shape index (κ1) is 9.68. The number of halogens is 1. The Morgan fingerprint density at radius 2 is 2.29 bits per heavy atom. The van der Waals surface area contributed by atoms with Crippen molar-refractivity contribution < 1.29 is 4.74 Å². The minimum Gasteiger partial charge on any atom is -0.497 e. The van der Waals surface area contributed by atoms with Crippen LogP contribution in [0.4, 0.5) is 0 Å². The Labute approximate surface area is 94.7 Å². The van der Waals surface area contributed by atoms with Crippen LogP contribution >= 0.6 is 27.3 Å². The van der Waals surface area contributed by atoms with Gasteiger partial charge in [0.1, 0.15) is 5.75 Å². The van der Waals surface area contributed by atoms with Crippen LogP contribution in [0.25, 0.3) is 10.4 Å². The molecular weight excluding hydrogens is 262 g/mol. The number of benzene rings is 1. The highest BCUT2D eigenvalue weighted by Gasteiger charge is 2.03. The maximum atomic E-state index is 5.16. The van der Waals surface area contributed by atoms with Crippen LogP contribution in [0.3, 0.4) is 0 Å². The summed E-state index contributed by atoms with van der Waals surface area (Å²) >= 11 is 4.95. The van der Waals surface area contributed by atoms with Crippen molar-refractivity contribution in [1.82, 2.24) is 4.98 Å². The summed E-state index contributed by atoms with van der Waals surface area (Å²) in [5.41, 5.74) is 1.13. The van der Waals surface area contributed by atoms with Crippen LogP contribution in [0, 0.1) is 0 Å². The number of thiazole rings is 1. The Kier molecular flexibility index (Phi) is 2.84. The minimum absolute atomic E-state index is 0.868. The smallest absolute Gasteiger partial charge is 0.159 e. The Hall–Kier alpha value is -0.870. The molecule has 72 valence electrons. The monoisotopic (exact) mass is 269 g/mol. The van der Waals surface area contributed by atoms with Gasteiger partial charge in [-0.15, -0.1) is 11.3 Å². The van der Waals surface area contributed by atoms with Gasteiger partial charge in [0.2, 0.25) is 0 Å². The van der Waals surface area contributed by atoms with E-state index in [1.165, 1.54) is 0 Å². The number of rotatable bonds is 2. The van der Waals surface area contributed by atoms with Crippen molar-refractivity contribution in [1.29, 1.82) is 0 Å². The lowest BCUT2D eigenvalue weighted by molar-refractivity contribution is 0.415. The van der Waals surface area contributed by atoms with E-state index < -0.39 is 0 Å². The molecule has 0 N–H and O–H groups in total. The predicted molar refractivity (Wildman–Crippen MR) is 61.8 cm³/mol. The van der Waals surface area contributed by atoms with Crippen molar-refractivity contribution in [3.8, 4) is 16.2 Å². The van der Waals surface area contributed by atoms with Crippen LogP contribution in [-0.4, -0.2) is 12.1 Å². The standard InChI is InChI=1S/C10H8BrNOS/c1-13-8-4-2-3-7(5-8)9-6-12-10(11)14-9/h2-6H,1H3. The summed E-state index contributed by atoms with van der Waals surface area (Å²) in [5.74, 6) is 0.868. The molecule has 1 aromatic heterocycles. The molecule has 0 radical (unpaired) electrons. The zero-order valence-electron chi connectivity index (χ0n) is 7.53. The van der Waals surface area contributed by atoms with E-state index in [4.69, 9.17) is 4.74 Å². The van der Waals surface area contributed by atoms with E-state index in [1.54, 1.807) is 18.4 Å². The maximum absolute atomic E-state index is 5.16. The molecule has 0 atom stereocenters. The second kappa shape index (κ2) is 4.11. The summed E-state index contributed by atoms with van der Waals surface area (Å²) in [5, 5.41) is 0. The lowest BCUT2D eigenvalue weighted by Gasteiger charge is -2.01. The molecule has 0 aliphatic rings. The van der Waals surface area contributed by atoms with Crippen molar-refractivity contribution in [2.75, 3.05) is 7.11 Å². The van der Waals surface area contributed by atoms with Crippen molar-refractivity contribution >= 4 is 27.3 Å². The van der Waals surface area contributed by atoms with E-state index >= 15 is 0 Å². The fraction of sp³-hybridized carbons (Fsp3) is 0.100. The van der Waals surface area contributed by atoms with E-state index in [0.29, 0.717) is 0 Å². The van der Waals surface area contributed by atoms with E-state index in [1.807, 2.05) is 30.5 Å². The fourth-order valence-corrected chi connectivity index (χ4v) is 2.43. The molecule has 14 heavy (non-hydrogen) atoms. The molecule has 1 aromatic carbocycles. The third-order valence-corrected chi connectivity index (χ3v) is 3.36. The van der Waals surface area contributed by atoms with E-state index in [9.17, 15) is 0 Å².